The van der Waals surface area contributed by atoms with Gasteiger partial charge in [-0.2, -0.15) is 0 Å². The third kappa shape index (κ3) is 3.49. The van der Waals surface area contributed by atoms with Crippen LogP contribution in [0.1, 0.15) is 44.9 Å². The smallest absolute Gasteiger partial charge is 0.129 e. The average Bonchev–Trinajstić information content (AvgIpc) is 2.47. The Morgan fingerprint density at radius 1 is 1.40 bits per heavy atom. The van der Waals surface area contributed by atoms with Gasteiger partial charge < -0.3 is 15.4 Å². The van der Waals surface area contributed by atoms with E-state index in [0.29, 0.717) is 12.6 Å². The molecule has 0 spiro atoms. The van der Waals surface area contributed by atoms with Crippen LogP contribution in [0, 0.1) is 0 Å². The molecular weight excluding hydrogens is 250 g/mol. The maximum atomic E-state index is 5.84. The molecule has 1 aromatic rings. The number of aryl methyl sites for hydroxylation is 1. The lowest BCUT2D eigenvalue weighted by Crippen LogP contribution is -2.49. The number of aromatic nitrogens is 1. The summed E-state index contributed by atoms with van der Waals surface area (Å²) in [5.41, 5.74) is 8.16. The maximum absolute atomic E-state index is 5.84. The van der Waals surface area contributed by atoms with E-state index >= 15 is 0 Å². The minimum Gasteiger partial charge on any atom is -0.375 e. The largest absolute Gasteiger partial charge is 0.375 e. The van der Waals surface area contributed by atoms with E-state index in [4.69, 9.17) is 15.5 Å². The normalized spacial score (nSPS) is 23.1. The number of hydrogen-bond acceptors (Lipinski definition) is 4. The molecule has 0 bridgehead atoms. The molecule has 2 heterocycles. The van der Waals surface area contributed by atoms with E-state index in [1.807, 2.05) is 0 Å². The van der Waals surface area contributed by atoms with Crippen LogP contribution in [0.3, 0.4) is 0 Å². The standard InChI is InChI=1S/C16H27N3O/c1-4-6-14-7-13(9-17)8-16(18-14)19-10-12(3)20-11-15(19)5-2/h7-8,12,15H,4-6,9-11,17H2,1-3H3. The third-order valence-corrected chi connectivity index (χ3v) is 3.90. The number of anilines is 1. The molecule has 0 amide bonds. The lowest BCUT2D eigenvalue weighted by Gasteiger charge is -2.39. The first-order valence-electron chi connectivity index (χ1n) is 7.76. The summed E-state index contributed by atoms with van der Waals surface area (Å²) in [6.45, 7) is 8.78. The summed E-state index contributed by atoms with van der Waals surface area (Å²) in [7, 11) is 0. The molecule has 2 atom stereocenters. The second-order valence-corrected chi connectivity index (χ2v) is 5.64. The lowest BCUT2D eigenvalue weighted by atomic mass is 10.1. The number of morpholine rings is 1. The van der Waals surface area contributed by atoms with Gasteiger partial charge in [-0.25, -0.2) is 4.98 Å². The van der Waals surface area contributed by atoms with E-state index in [9.17, 15) is 0 Å². The van der Waals surface area contributed by atoms with Crippen LogP contribution in [0.15, 0.2) is 12.1 Å². The molecule has 4 heteroatoms. The zero-order chi connectivity index (χ0) is 14.5. The van der Waals surface area contributed by atoms with Gasteiger partial charge in [-0.3, -0.25) is 0 Å². The van der Waals surface area contributed by atoms with Crippen molar-refractivity contribution in [3.63, 3.8) is 0 Å². The Balaban J connectivity index is 2.30. The number of pyridine rings is 1. The summed E-state index contributed by atoms with van der Waals surface area (Å²) in [6.07, 6.45) is 3.45. The van der Waals surface area contributed by atoms with Gasteiger partial charge in [0.15, 0.2) is 0 Å². The fourth-order valence-corrected chi connectivity index (χ4v) is 2.75. The Kier molecular flexibility index (Phi) is 5.38. The van der Waals surface area contributed by atoms with Crippen molar-refractivity contribution in [2.75, 3.05) is 18.1 Å². The average molecular weight is 277 g/mol. The molecule has 0 aliphatic carbocycles. The summed E-state index contributed by atoms with van der Waals surface area (Å²) in [5, 5.41) is 0. The Bertz CT molecular complexity index is 436. The van der Waals surface area contributed by atoms with Crippen LogP contribution in [-0.4, -0.2) is 30.3 Å². The minimum absolute atomic E-state index is 0.260. The van der Waals surface area contributed by atoms with Crippen LogP contribution in [0.2, 0.25) is 0 Å². The van der Waals surface area contributed by atoms with Crippen molar-refractivity contribution in [3.8, 4) is 0 Å². The molecule has 2 N–H and O–H groups in total. The van der Waals surface area contributed by atoms with Crippen LogP contribution < -0.4 is 10.6 Å². The Hall–Kier alpha value is -1.13. The molecule has 0 radical (unpaired) electrons. The first-order valence-corrected chi connectivity index (χ1v) is 7.76. The minimum atomic E-state index is 0.260. The van der Waals surface area contributed by atoms with Crippen molar-refractivity contribution in [3.05, 3.63) is 23.4 Å². The summed E-state index contributed by atoms with van der Waals surface area (Å²) >= 11 is 0. The molecular formula is C16H27N3O. The molecule has 0 aromatic carbocycles. The molecule has 2 unspecified atom stereocenters. The van der Waals surface area contributed by atoms with Crippen molar-refractivity contribution < 1.29 is 4.74 Å². The van der Waals surface area contributed by atoms with Gasteiger partial charge in [0.2, 0.25) is 0 Å². The summed E-state index contributed by atoms with van der Waals surface area (Å²) in [5.74, 6) is 1.07. The van der Waals surface area contributed by atoms with Gasteiger partial charge in [0.25, 0.3) is 0 Å². The Morgan fingerprint density at radius 3 is 2.85 bits per heavy atom. The van der Waals surface area contributed by atoms with E-state index in [-0.39, 0.29) is 6.10 Å². The van der Waals surface area contributed by atoms with Crippen LogP contribution in [0.5, 0.6) is 0 Å². The van der Waals surface area contributed by atoms with E-state index in [1.165, 1.54) is 5.56 Å². The lowest BCUT2D eigenvalue weighted by molar-refractivity contribution is 0.0296. The van der Waals surface area contributed by atoms with Crippen molar-refractivity contribution in [1.82, 2.24) is 4.98 Å². The van der Waals surface area contributed by atoms with Gasteiger partial charge in [0.1, 0.15) is 5.82 Å². The molecule has 1 fully saturated rings. The van der Waals surface area contributed by atoms with Gasteiger partial charge in [0.05, 0.1) is 18.8 Å². The first kappa shape index (κ1) is 15.3. The molecule has 0 saturated carbocycles. The summed E-state index contributed by atoms with van der Waals surface area (Å²) in [6, 6.07) is 4.69. The number of hydrogen-bond donors (Lipinski definition) is 1. The van der Waals surface area contributed by atoms with Crippen molar-refractivity contribution >= 4 is 5.82 Å². The van der Waals surface area contributed by atoms with Crippen molar-refractivity contribution in [2.24, 2.45) is 5.73 Å². The summed E-state index contributed by atoms with van der Waals surface area (Å²) < 4.78 is 5.77. The van der Waals surface area contributed by atoms with Crippen LogP contribution in [0.4, 0.5) is 5.82 Å². The van der Waals surface area contributed by atoms with Crippen molar-refractivity contribution in [1.29, 1.82) is 0 Å². The van der Waals surface area contributed by atoms with E-state index in [0.717, 1.165) is 43.9 Å². The fraction of sp³-hybridized carbons (Fsp3) is 0.688. The molecule has 20 heavy (non-hydrogen) atoms. The Labute approximate surface area is 122 Å². The maximum Gasteiger partial charge on any atom is 0.129 e. The highest BCUT2D eigenvalue weighted by atomic mass is 16.5. The highest BCUT2D eigenvalue weighted by molar-refractivity contribution is 5.44. The number of nitrogens with two attached hydrogens (primary N) is 1. The van der Waals surface area contributed by atoms with Crippen LogP contribution in [0.25, 0.3) is 0 Å². The number of ether oxygens (including phenoxy) is 1. The predicted molar refractivity (Wildman–Crippen MR) is 83.0 cm³/mol. The summed E-state index contributed by atoms with van der Waals surface area (Å²) in [4.78, 5) is 7.24. The highest BCUT2D eigenvalue weighted by Crippen LogP contribution is 2.23. The quantitative estimate of drug-likeness (QED) is 0.898. The SMILES string of the molecule is CCCc1cc(CN)cc(N2CC(C)OCC2CC)n1. The van der Waals surface area contributed by atoms with Crippen LogP contribution >= 0.6 is 0 Å². The number of rotatable bonds is 5. The molecule has 1 aliphatic rings. The molecule has 112 valence electrons. The van der Waals surface area contributed by atoms with E-state index in [2.05, 4.69) is 37.8 Å². The Morgan fingerprint density at radius 2 is 2.20 bits per heavy atom. The molecule has 2 rings (SSSR count). The third-order valence-electron chi connectivity index (χ3n) is 3.90. The van der Waals surface area contributed by atoms with E-state index in [1.54, 1.807) is 0 Å². The zero-order valence-electron chi connectivity index (χ0n) is 12.9. The molecule has 4 nitrogen and oxygen atoms in total. The second kappa shape index (κ2) is 7.04. The van der Waals surface area contributed by atoms with Gasteiger partial charge in [-0.1, -0.05) is 20.3 Å². The first-order chi connectivity index (χ1) is 9.67. The van der Waals surface area contributed by atoms with Gasteiger partial charge in [-0.05, 0) is 37.5 Å². The van der Waals surface area contributed by atoms with E-state index < -0.39 is 0 Å². The zero-order valence-corrected chi connectivity index (χ0v) is 12.9. The van der Waals surface area contributed by atoms with Gasteiger partial charge in [-0.15, -0.1) is 0 Å². The van der Waals surface area contributed by atoms with Crippen LogP contribution in [-0.2, 0) is 17.7 Å². The fourth-order valence-electron chi connectivity index (χ4n) is 2.75. The second-order valence-electron chi connectivity index (χ2n) is 5.64. The van der Waals surface area contributed by atoms with Gasteiger partial charge >= 0.3 is 0 Å². The molecule has 1 aliphatic heterocycles. The topological polar surface area (TPSA) is 51.4 Å². The number of nitrogens with zero attached hydrogens (tertiary/aromatic N) is 2. The molecule has 1 aromatic heterocycles. The van der Waals surface area contributed by atoms with Crippen molar-refractivity contribution in [2.45, 2.75) is 58.7 Å². The monoisotopic (exact) mass is 277 g/mol. The van der Waals surface area contributed by atoms with Gasteiger partial charge in [0, 0.05) is 18.8 Å². The highest BCUT2D eigenvalue weighted by Gasteiger charge is 2.26. The molecule has 1 saturated heterocycles. The predicted octanol–water partition coefficient (Wildman–Crippen LogP) is 2.50.